The second-order valence-corrected chi connectivity index (χ2v) is 5.04. The molecule has 1 aliphatic heterocycles. The largest absolute Gasteiger partial charge is 0.462 e. The fourth-order valence-corrected chi connectivity index (χ4v) is 2.52. The number of nitrogens with zero attached hydrogens (tertiary/aromatic N) is 2. The summed E-state index contributed by atoms with van der Waals surface area (Å²) >= 11 is 0. The average molecular weight is 317 g/mol. The van der Waals surface area contributed by atoms with E-state index in [1.807, 2.05) is 6.07 Å². The van der Waals surface area contributed by atoms with Gasteiger partial charge in [-0.25, -0.2) is 9.37 Å². The van der Waals surface area contributed by atoms with Gasteiger partial charge in [-0.3, -0.25) is 4.79 Å². The van der Waals surface area contributed by atoms with E-state index in [1.165, 1.54) is 12.1 Å². The molecule has 0 bridgehead atoms. The lowest BCUT2D eigenvalue weighted by Crippen LogP contribution is -2.34. The highest BCUT2D eigenvalue weighted by molar-refractivity contribution is 5.81. The van der Waals surface area contributed by atoms with Crippen molar-refractivity contribution in [3.05, 3.63) is 54.0 Å². The Kier molecular flexibility index (Phi) is 4.38. The average Bonchev–Trinajstić information content (AvgIpc) is 2.92. The van der Waals surface area contributed by atoms with Crippen LogP contribution in [0.1, 0.15) is 11.7 Å². The Bertz CT molecular complexity index is 693. The normalized spacial score (nSPS) is 15.9. The van der Waals surface area contributed by atoms with Crippen molar-refractivity contribution in [2.75, 3.05) is 30.0 Å². The van der Waals surface area contributed by atoms with Gasteiger partial charge in [0, 0.05) is 6.20 Å². The molecule has 1 unspecified atom stereocenters. The standard InChI is InChI=1S/C16H16FN3O3/c17-12-5-3-11(4-6-12)16-19-15-13(2-1-7-18-15)20(16)10-14(22)23-9-8-21/h1-7,16,21H,8-10H2,(H,18,19). The molecule has 0 amide bonds. The third-order valence-corrected chi connectivity index (χ3v) is 3.52. The molecule has 120 valence electrons. The highest BCUT2D eigenvalue weighted by Gasteiger charge is 2.32. The molecule has 2 aromatic rings. The number of carbonyl (C=O) groups is 1. The van der Waals surface area contributed by atoms with Crippen molar-refractivity contribution in [1.29, 1.82) is 0 Å². The lowest BCUT2D eigenvalue weighted by atomic mass is 10.1. The molecule has 0 radical (unpaired) electrons. The molecular weight excluding hydrogens is 301 g/mol. The number of aromatic nitrogens is 1. The third-order valence-electron chi connectivity index (χ3n) is 3.52. The number of carbonyl (C=O) groups excluding carboxylic acids is 1. The number of aliphatic hydroxyl groups excluding tert-OH is 1. The molecule has 7 heteroatoms. The zero-order chi connectivity index (χ0) is 16.2. The molecule has 0 saturated heterocycles. The molecule has 1 atom stereocenters. The highest BCUT2D eigenvalue weighted by Crippen LogP contribution is 2.39. The first-order valence-electron chi connectivity index (χ1n) is 7.19. The maximum atomic E-state index is 13.1. The van der Waals surface area contributed by atoms with Crippen LogP contribution in [0.4, 0.5) is 15.9 Å². The molecule has 0 fully saturated rings. The molecule has 1 aliphatic rings. The Morgan fingerprint density at radius 3 is 2.87 bits per heavy atom. The van der Waals surface area contributed by atoms with Gasteiger partial charge in [-0.1, -0.05) is 12.1 Å². The summed E-state index contributed by atoms with van der Waals surface area (Å²) in [6, 6.07) is 9.68. The fraction of sp³-hybridized carbons (Fsp3) is 0.250. The van der Waals surface area contributed by atoms with Crippen LogP contribution < -0.4 is 10.2 Å². The van der Waals surface area contributed by atoms with Gasteiger partial charge in [0.2, 0.25) is 0 Å². The number of halogens is 1. The molecule has 0 aliphatic carbocycles. The third kappa shape index (κ3) is 3.24. The van der Waals surface area contributed by atoms with Crippen molar-refractivity contribution in [2.45, 2.75) is 6.17 Å². The number of fused-ring (bicyclic) bond motifs is 1. The van der Waals surface area contributed by atoms with Crippen molar-refractivity contribution in [3.8, 4) is 0 Å². The van der Waals surface area contributed by atoms with E-state index >= 15 is 0 Å². The van der Waals surface area contributed by atoms with E-state index < -0.39 is 5.97 Å². The van der Waals surface area contributed by atoms with E-state index in [9.17, 15) is 9.18 Å². The number of rotatable bonds is 5. The summed E-state index contributed by atoms with van der Waals surface area (Å²) in [4.78, 5) is 18.0. The van der Waals surface area contributed by atoms with Crippen LogP contribution in [0.2, 0.25) is 0 Å². The summed E-state index contributed by atoms with van der Waals surface area (Å²) in [5, 5.41) is 12.0. The topological polar surface area (TPSA) is 74.7 Å². The first-order chi connectivity index (χ1) is 11.2. The molecular formula is C16H16FN3O3. The second kappa shape index (κ2) is 6.62. The summed E-state index contributed by atoms with van der Waals surface area (Å²) in [5.41, 5.74) is 1.57. The van der Waals surface area contributed by atoms with Crippen LogP contribution in [0, 0.1) is 5.82 Å². The number of hydrogen-bond donors (Lipinski definition) is 2. The lowest BCUT2D eigenvalue weighted by molar-refractivity contribution is -0.143. The molecule has 0 saturated carbocycles. The number of nitrogens with one attached hydrogen (secondary N) is 1. The molecule has 23 heavy (non-hydrogen) atoms. The summed E-state index contributed by atoms with van der Waals surface area (Å²) in [6.45, 7) is -0.265. The number of pyridine rings is 1. The molecule has 0 spiro atoms. The quantitative estimate of drug-likeness (QED) is 0.818. The number of ether oxygens (including phenoxy) is 1. The predicted octanol–water partition coefficient (Wildman–Crippen LogP) is 1.69. The lowest BCUT2D eigenvalue weighted by Gasteiger charge is -2.26. The minimum absolute atomic E-state index is 0.00621. The number of hydrogen-bond acceptors (Lipinski definition) is 6. The van der Waals surface area contributed by atoms with Crippen molar-refractivity contribution < 1.29 is 19.0 Å². The summed E-state index contributed by atoms with van der Waals surface area (Å²) < 4.78 is 18.1. The van der Waals surface area contributed by atoms with Crippen LogP contribution in [0.15, 0.2) is 42.6 Å². The van der Waals surface area contributed by atoms with Gasteiger partial charge < -0.3 is 20.1 Å². The van der Waals surface area contributed by atoms with Crippen molar-refractivity contribution in [2.24, 2.45) is 0 Å². The van der Waals surface area contributed by atoms with Crippen LogP contribution in [0.5, 0.6) is 0 Å². The molecule has 1 aromatic heterocycles. The van der Waals surface area contributed by atoms with Crippen LogP contribution >= 0.6 is 0 Å². The molecule has 3 rings (SSSR count). The minimum Gasteiger partial charge on any atom is -0.462 e. The van der Waals surface area contributed by atoms with Gasteiger partial charge in [0.15, 0.2) is 5.82 Å². The first-order valence-corrected chi connectivity index (χ1v) is 7.19. The zero-order valence-electron chi connectivity index (χ0n) is 12.3. The molecule has 2 N–H and O–H groups in total. The number of aliphatic hydroxyl groups is 1. The molecule has 6 nitrogen and oxygen atoms in total. The van der Waals surface area contributed by atoms with Crippen molar-refractivity contribution in [1.82, 2.24) is 4.98 Å². The second-order valence-electron chi connectivity index (χ2n) is 5.04. The maximum absolute atomic E-state index is 13.1. The van der Waals surface area contributed by atoms with Gasteiger partial charge in [0.1, 0.15) is 25.1 Å². The monoisotopic (exact) mass is 317 g/mol. The van der Waals surface area contributed by atoms with Crippen molar-refractivity contribution >= 4 is 17.5 Å². The van der Waals surface area contributed by atoms with Crippen LogP contribution in [-0.2, 0) is 9.53 Å². The Morgan fingerprint density at radius 1 is 1.35 bits per heavy atom. The van der Waals surface area contributed by atoms with Crippen LogP contribution in [0.3, 0.4) is 0 Å². The van der Waals surface area contributed by atoms with E-state index in [0.717, 1.165) is 11.3 Å². The summed E-state index contributed by atoms with van der Waals surface area (Å²) in [5.74, 6) is -0.127. The van der Waals surface area contributed by atoms with E-state index in [2.05, 4.69) is 10.3 Å². The van der Waals surface area contributed by atoms with Gasteiger partial charge in [-0.05, 0) is 29.8 Å². The van der Waals surface area contributed by atoms with Gasteiger partial charge in [-0.15, -0.1) is 0 Å². The van der Waals surface area contributed by atoms with E-state index in [1.54, 1.807) is 29.3 Å². The van der Waals surface area contributed by atoms with Crippen LogP contribution in [0.25, 0.3) is 0 Å². The predicted molar refractivity (Wildman–Crippen MR) is 82.4 cm³/mol. The van der Waals surface area contributed by atoms with Gasteiger partial charge in [0.05, 0.1) is 12.3 Å². The van der Waals surface area contributed by atoms with Crippen molar-refractivity contribution in [3.63, 3.8) is 0 Å². The smallest absolute Gasteiger partial charge is 0.325 e. The molecule has 1 aromatic carbocycles. The molecule has 2 heterocycles. The van der Waals surface area contributed by atoms with E-state index in [-0.39, 0.29) is 31.7 Å². The Hall–Kier alpha value is -2.67. The summed E-state index contributed by atoms with van der Waals surface area (Å²) in [6.07, 6.45) is 1.31. The minimum atomic E-state index is -0.454. The number of benzene rings is 1. The Balaban J connectivity index is 1.86. The van der Waals surface area contributed by atoms with Gasteiger partial charge >= 0.3 is 5.97 Å². The Labute approximate surface area is 132 Å². The zero-order valence-corrected chi connectivity index (χ0v) is 12.3. The van der Waals surface area contributed by atoms with E-state index in [0.29, 0.717) is 5.82 Å². The Morgan fingerprint density at radius 2 is 2.13 bits per heavy atom. The first kappa shape index (κ1) is 15.2. The van der Waals surface area contributed by atoms with E-state index in [4.69, 9.17) is 9.84 Å². The van der Waals surface area contributed by atoms with Gasteiger partial charge in [-0.2, -0.15) is 0 Å². The SMILES string of the molecule is O=C(CN1c2cccnc2NC1c1ccc(F)cc1)OCCO. The number of anilines is 2. The maximum Gasteiger partial charge on any atom is 0.325 e. The number of esters is 1. The fourth-order valence-electron chi connectivity index (χ4n) is 2.52. The van der Waals surface area contributed by atoms with Crippen LogP contribution in [-0.4, -0.2) is 35.8 Å². The van der Waals surface area contributed by atoms with Gasteiger partial charge in [0.25, 0.3) is 0 Å². The highest BCUT2D eigenvalue weighted by atomic mass is 19.1. The summed E-state index contributed by atoms with van der Waals surface area (Å²) in [7, 11) is 0.